The van der Waals surface area contributed by atoms with Crippen LogP contribution in [0.5, 0.6) is 0 Å². The number of carbonyl (C=O) groups excluding carboxylic acids is 2. The molecule has 3 N–H and O–H groups in total. The molecule has 0 atom stereocenters. The van der Waals surface area contributed by atoms with Crippen LogP contribution in [-0.2, 0) is 0 Å². The molecule has 0 fully saturated rings. The second-order valence-electron chi connectivity index (χ2n) is 4.98. The molecule has 7 heteroatoms. The van der Waals surface area contributed by atoms with E-state index in [1.54, 1.807) is 30.3 Å². The van der Waals surface area contributed by atoms with Crippen LogP contribution in [-0.4, -0.2) is 30.0 Å². The SMILES string of the molecule is CCSCCCNC(=O)Nc1cccc(NC(=O)c2ccoc2)c1. The minimum absolute atomic E-state index is 0.255. The summed E-state index contributed by atoms with van der Waals surface area (Å²) in [5.41, 5.74) is 1.65. The van der Waals surface area contributed by atoms with Gasteiger partial charge >= 0.3 is 6.03 Å². The molecule has 0 spiro atoms. The number of carbonyl (C=O) groups is 2. The topological polar surface area (TPSA) is 83.4 Å². The van der Waals surface area contributed by atoms with E-state index in [9.17, 15) is 9.59 Å². The average Bonchev–Trinajstić information content (AvgIpc) is 3.09. The number of urea groups is 1. The van der Waals surface area contributed by atoms with Gasteiger partial charge in [0.05, 0.1) is 11.8 Å². The highest BCUT2D eigenvalue weighted by Gasteiger charge is 2.08. The minimum atomic E-state index is -0.265. The molecular weight excluding hydrogens is 326 g/mol. The standard InChI is InChI=1S/C17H21N3O3S/c1-2-24-10-4-8-18-17(22)20-15-6-3-5-14(11-15)19-16(21)13-7-9-23-12-13/h3,5-7,9,11-12H,2,4,8,10H2,1H3,(H,19,21)(H2,18,20,22). The van der Waals surface area contributed by atoms with Crippen molar-refractivity contribution in [3.63, 3.8) is 0 Å². The average molecular weight is 347 g/mol. The number of amides is 3. The molecule has 0 aliphatic heterocycles. The Bertz CT molecular complexity index is 659. The molecule has 2 rings (SSSR count). The zero-order valence-corrected chi connectivity index (χ0v) is 14.3. The van der Waals surface area contributed by atoms with Gasteiger partial charge in [0, 0.05) is 17.9 Å². The molecule has 0 aliphatic rings. The zero-order chi connectivity index (χ0) is 17.2. The molecule has 0 radical (unpaired) electrons. The van der Waals surface area contributed by atoms with Gasteiger partial charge in [0.2, 0.25) is 0 Å². The lowest BCUT2D eigenvalue weighted by Gasteiger charge is -2.09. The summed E-state index contributed by atoms with van der Waals surface area (Å²) < 4.78 is 4.88. The van der Waals surface area contributed by atoms with Gasteiger partial charge in [-0.1, -0.05) is 13.0 Å². The van der Waals surface area contributed by atoms with E-state index in [0.717, 1.165) is 17.9 Å². The van der Waals surface area contributed by atoms with Crippen LogP contribution in [0.2, 0.25) is 0 Å². The third kappa shape index (κ3) is 6.00. The summed E-state index contributed by atoms with van der Waals surface area (Å²) >= 11 is 1.85. The van der Waals surface area contributed by atoms with Gasteiger partial charge in [0.1, 0.15) is 6.26 Å². The van der Waals surface area contributed by atoms with Gasteiger partial charge in [-0.25, -0.2) is 4.79 Å². The van der Waals surface area contributed by atoms with E-state index >= 15 is 0 Å². The summed E-state index contributed by atoms with van der Waals surface area (Å²) in [6, 6.07) is 8.31. The van der Waals surface area contributed by atoms with Crippen molar-refractivity contribution in [2.75, 3.05) is 28.7 Å². The number of rotatable bonds is 8. The van der Waals surface area contributed by atoms with Crippen LogP contribution in [0.1, 0.15) is 23.7 Å². The smallest absolute Gasteiger partial charge is 0.319 e. The Balaban J connectivity index is 1.81. The Hall–Kier alpha value is -2.41. The van der Waals surface area contributed by atoms with Crippen LogP contribution in [0, 0.1) is 0 Å². The van der Waals surface area contributed by atoms with E-state index in [-0.39, 0.29) is 11.9 Å². The Morgan fingerprint density at radius 2 is 1.96 bits per heavy atom. The predicted molar refractivity (Wildman–Crippen MR) is 97.7 cm³/mol. The van der Waals surface area contributed by atoms with Crippen molar-refractivity contribution in [1.82, 2.24) is 5.32 Å². The molecule has 0 aliphatic carbocycles. The Morgan fingerprint density at radius 3 is 2.67 bits per heavy atom. The maximum Gasteiger partial charge on any atom is 0.319 e. The van der Waals surface area contributed by atoms with Crippen molar-refractivity contribution >= 4 is 35.1 Å². The van der Waals surface area contributed by atoms with Crippen LogP contribution >= 0.6 is 11.8 Å². The highest BCUT2D eigenvalue weighted by Crippen LogP contribution is 2.16. The Kier molecular flexibility index (Phi) is 7.22. The van der Waals surface area contributed by atoms with E-state index in [0.29, 0.717) is 23.5 Å². The summed E-state index contributed by atoms with van der Waals surface area (Å²) in [6.07, 6.45) is 3.75. The molecular formula is C17H21N3O3S. The van der Waals surface area contributed by atoms with Crippen molar-refractivity contribution in [3.05, 3.63) is 48.4 Å². The van der Waals surface area contributed by atoms with E-state index in [1.807, 2.05) is 11.8 Å². The molecule has 24 heavy (non-hydrogen) atoms. The number of hydrogen-bond acceptors (Lipinski definition) is 4. The number of furan rings is 1. The van der Waals surface area contributed by atoms with Crippen molar-refractivity contribution in [2.24, 2.45) is 0 Å². The molecule has 0 saturated heterocycles. The van der Waals surface area contributed by atoms with Gasteiger partial charge in [-0.05, 0) is 42.2 Å². The van der Waals surface area contributed by atoms with E-state index in [2.05, 4.69) is 22.9 Å². The first kappa shape index (κ1) is 17.9. The lowest BCUT2D eigenvalue weighted by atomic mass is 10.2. The van der Waals surface area contributed by atoms with Gasteiger partial charge in [-0.2, -0.15) is 11.8 Å². The number of anilines is 2. The third-order valence-electron chi connectivity index (χ3n) is 3.12. The molecule has 1 heterocycles. The van der Waals surface area contributed by atoms with Gasteiger partial charge in [-0.3, -0.25) is 4.79 Å². The lowest BCUT2D eigenvalue weighted by Crippen LogP contribution is -2.29. The van der Waals surface area contributed by atoms with Crippen LogP contribution < -0.4 is 16.0 Å². The molecule has 1 aromatic carbocycles. The molecule has 2 aromatic rings. The zero-order valence-electron chi connectivity index (χ0n) is 13.5. The summed E-state index contributed by atoms with van der Waals surface area (Å²) in [5, 5.41) is 8.31. The third-order valence-corrected chi connectivity index (χ3v) is 4.10. The number of benzene rings is 1. The summed E-state index contributed by atoms with van der Waals surface area (Å²) in [7, 11) is 0. The number of thioether (sulfide) groups is 1. The van der Waals surface area contributed by atoms with Crippen LogP contribution in [0.15, 0.2) is 47.3 Å². The fraction of sp³-hybridized carbons (Fsp3) is 0.294. The molecule has 128 valence electrons. The monoisotopic (exact) mass is 347 g/mol. The second kappa shape index (κ2) is 9.67. The maximum absolute atomic E-state index is 12.0. The molecule has 6 nitrogen and oxygen atoms in total. The lowest BCUT2D eigenvalue weighted by molar-refractivity contribution is 0.102. The molecule has 1 aromatic heterocycles. The summed E-state index contributed by atoms with van der Waals surface area (Å²) in [5.74, 6) is 1.86. The van der Waals surface area contributed by atoms with E-state index < -0.39 is 0 Å². The van der Waals surface area contributed by atoms with E-state index in [1.165, 1.54) is 12.5 Å². The molecule has 0 unspecified atom stereocenters. The predicted octanol–water partition coefficient (Wildman–Crippen LogP) is 3.80. The molecule has 0 saturated carbocycles. The van der Waals surface area contributed by atoms with E-state index in [4.69, 9.17) is 4.42 Å². The highest BCUT2D eigenvalue weighted by atomic mass is 32.2. The Labute approximate surface area is 145 Å². The molecule has 0 bridgehead atoms. The highest BCUT2D eigenvalue weighted by molar-refractivity contribution is 7.99. The summed E-state index contributed by atoms with van der Waals surface area (Å²) in [4.78, 5) is 23.8. The second-order valence-corrected chi connectivity index (χ2v) is 6.37. The van der Waals surface area contributed by atoms with Crippen molar-refractivity contribution < 1.29 is 14.0 Å². The number of nitrogens with one attached hydrogen (secondary N) is 3. The first-order valence-electron chi connectivity index (χ1n) is 7.75. The van der Waals surface area contributed by atoms with Crippen LogP contribution in [0.3, 0.4) is 0 Å². The maximum atomic E-state index is 12.0. The first-order chi connectivity index (χ1) is 11.7. The van der Waals surface area contributed by atoms with Crippen LogP contribution in [0.25, 0.3) is 0 Å². The van der Waals surface area contributed by atoms with Crippen molar-refractivity contribution in [2.45, 2.75) is 13.3 Å². The fourth-order valence-corrected chi connectivity index (χ4v) is 2.60. The minimum Gasteiger partial charge on any atom is -0.472 e. The quantitative estimate of drug-likeness (QED) is 0.634. The van der Waals surface area contributed by atoms with Gasteiger partial charge < -0.3 is 20.4 Å². The van der Waals surface area contributed by atoms with Crippen LogP contribution in [0.4, 0.5) is 16.2 Å². The van der Waals surface area contributed by atoms with Gasteiger partial charge in [0.15, 0.2) is 0 Å². The van der Waals surface area contributed by atoms with Crippen molar-refractivity contribution in [3.8, 4) is 0 Å². The molecule has 3 amide bonds. The normalized spacial score (nSPS) is 10.2. The van der Waals surface area contributed by atoms with Gasteiger partial charge in [-0.15, -0.1) is 0 Å². The number of hydrogen-bond donors (Lipinski definition) is 3. The summed E-state index contributed by atoms with van der Waals surface area (Å²) in [6.45, 7) is 2.75. The Morgan fingerprint density at radius 1 is 1.17 bits per heavy atom. The first-order valence-corrected chi connectivity index (χ1v) is 8.90. The van der Waals surface area contributed by atoms with Crippen molar-refractivity contribution in [1.29, 1.82) is 0 Å². The largest absolute Gasteiger partial charge is 0.472 e. The fourth-order valence-electron chi connectivity index (χ4n) is 1.97. The van der Waals surface area contributed by atoms with Gasteiger partial charge in [0.25, 0.3) is 5.91 Å².